The highest BCUT2D eigenvalue weighted by atomic mass is 16.5. The van der Waals surface area contributed by atoms with E-state index in [4.69, 9.17) is 15.2 Å². The second-order valence-electron chi connectivity index (χ2n) is 4.63. The van der Waals surface area contributed by atoms with E-state index in [0.717, 1.165) is 50.6 Å². The van der Waals surface area contributed by atoms with Crippen molar-refractivity contribution in [1.29, 1.82) is 0 Å². The molecule has 3 rings (SSSR count). The van der Waals surface area contributed by atoms with Gasteiger partial charge in [0.1, 0.15) is 5.75 Å². The summed E-state index contributed by atoms with van der Waals surface area (Å²) in [5.41, 5.74) is 7.83. The second kappa shape index (κ2) is 4.55. The number of benzene rings is 1. The van der Waals surface area contributed by atoms with Crippen LogP contribution in [0.3, 0.4) is 0 Å². The Hall–Kier alpha value is -1.26. The third-order valence-corrected chi connectivity index (χ3v) is 3.47. The second-order valence-corrected chi connectivity index (χ2v) is 4.63. The summed E-state index contributed by atoms with van der Waals surface area (Å²) in [6.45, 7) is 3.54. The number of nitrogens with two attached hydrogens (primary N) is 1. The van der Waals surface area contributed by atoms with Crippen molar-refractivity contribution < 1.29 is 9.47 Å². The summed E-state index contributed by atoms with van der Waals surface area (Å²) in [6.07, 6.45) is 2.31. The maximum atomic E-state index is 6.04. The molecule has 0 spiro atoms. The highest BCUT2D eigenvalue weighted by molar-refractivity contribution is 5.49. The molecule has 0 amide bonds. The van der Waals surface area contributed by atoms with Gasteiger partial charge in [-0.1, -0.05) is 6.07 Å². The lowest BCUT2D eigenvalue weighted by molar-refractivity contribution is -0.0534. The topological polar surface area (TPSA) is 47.7 Å². The molecular formula is C13H18N2O2. The van der Waals surface area contributed by atoms with Crippen LogP contribution in [0.25, 0.3) is 0 Å². The number of fused-ring (bicyclic) bond motifs is 1. The molecule has 17 heavy (non-hydrogen) atoms. The molecule has 0 saturated carbocycles. The van der Waals surface area contributed by atoms with Gasteiger partial charge >= 0.3 is 0 Å². The van der Waals surface area contributed by atoms with Gasteiger partial charge in [-0.15, -0.1) is 0 Å². The molecule has 1 unspecified atom stereocenters. The van der Waals surface area contributed by atoms with Crippen LogP contribution in [0.4, 0.5) is 5.69 Å². The van der Waals surface area contributed by atoms with E-state index in [9.17, 15) is 0 Å². The van der Waals surface area contributed by atoms with E-state index in [1.54, 1.807) is 0 Å². The number of nitrogen functional groups attached to an aromatic ring is 1. The Morgan fingerprint density at radius 1 is 1.24 bits per heavy atom. The Bertz CT molecular complexity index is 402. The number of nitrogens with zero attached hydrogens (tertiary/aromatic N) is 1. The fourth-order valence-electron chi connectivity index (χ4n) is 2.49. The van der Waals surface area contributed by atoms with Gasteiger partial charge in [-0.3, -0.25) is 4.90 Å². The number of rotatable bonds is 1. The normalized spacial score (nSPS) is 25.1. The fourth-order valence-corrected chi connectivity index (χ4v) is 2.49. The van der Waals surface area contributed by atoms with Gasteiger partial charge in [-0.05, 0) is 18.1 Å². The molecule has 0 aromatic heterocycles. The van der Waals surface area contributed by atoms with Gasteiger partial charge in [0.2, 0.25) is 0 Å². The molecule has 4 heteroatoms. The van der Waals surface area contributed by atoms with Gasteiger partial charge in [-0.25, -0.2) is 0 Å². The average Bonchev–Trinajstić information content (AvgIpc) is 2.39. The summed E-state index contributed by atoms with van der Waals surface area (Å²) < 4.78 is 11.4. The summed E-state index contributed by atoms with van der Waals surface area (Å²) in [6, 6.07) is 5.94. The van der Waals surface area contributed by atoms with E-state index < -0.39 is 0 Å². The molecule has 1 aromatic rings. The Balaban J connectivity index is 1.75. The van der Waals surface area contributed by atoms with E-state index in [2.05, 4.69) is 11.0 Å². The molecule has 2 aliphatic heterocycles. The zero-order valence-corrected chi connectivity index (χ0v) is 9.89. The van der Waals surface area contributed by atoms with Crippen molar-refractivity contribution in [1.82, 2.24) is 4.90 Å². The summed E-state index contributed by atoms with van der Waals surface area (Å²) >= 11 is 0. The van der Waals surface area contributed by atoms with Gasteiger partial charge in [0.05, 0.1) is 13.2 Å². The molecule has 0 radical (unpaired) electrons. The van der Waals surface area contributed by atoms with Gasteiger partial charge in [0.25, 0.3) is 0 Å². The zero-order chi connectivity index (χ0) is 11.7. The number of aryl methyl sites for hydroxylation is 1. The zero-order valence-electron chi connectivity index (χ0n) is 9.89. The minimum Gasteiger partial charge on any atom is -0.475 e. The van der Waals surface area contributed by atoms with Crippen LogP contribution in [0, 0.1) is 0 Å². The van der Waals surface area contributed by atoms with E-state index in [0.29, 0.717) is 0 Å². The van der Waals surface area contributed by atoms with E-state index in [-0.39, 0.29) is 6.23 Å². The molecule has 0 bridgehead atoms. The Morgan fingerprint density at radius 2 is 2.06 bits per heavy atom. The number of anilines is 1. The average molecular weight is 234 g/mol. The van der Waals surface area contributed by atoms with Crippen LogP contribution in [0.15, 0.2) is 18.2 Å². The number of ether oxygens (including phenoxy) is 2. The summed E-state index contributed by atoms with van der Waals surface area (Å²) in [5.74, 6) is 0.952. The number of hydrogen-bond acceptors (Lipinski definition) is 4. The molecular weight excluding hydrogens is 216 g/mol. The molecule has 1 saturated heterocycles. The maximum Gasteiger partial charge on any atom is 0.153 e. The van der Waals surface area contributed by atoms with Crippen molar-refractivity contribution in [2.45, 2.75) is 19.1 Å². The van der Waals surface area contributed by atoms with Crippen LogP contribution in [-0.2, 0) is 11.2 Å². The third-order valence-electron chi connectivity index (χ3n) is 3.47. The molecule has 1 aromatic carbocycles. The van der Waals surface area contributed by atoms with Crippen LogP contribution in [0.5, 0.6) is 5.75 Å². The van der Waals surface area contributed by atoms with Crippen molar-refractivity contribution in [2.24, 2.45) is 0 Å². The number of morpholine rings is 1. The van der Waals surface area contributed by atoms with Crippen LogP contribution < -0.4 is 10.5 Å². The standard InChI is InChI=1S/C13H18N2O2/c14-11-3-1-10-2-4-13(17-12(10)9-11)15-5-7-16-8-6-15/h1,3,9,13H,2,4-8,14H2. The van der Waals surface area contributed by atoms with Gasteiger partial charge < -0.3 is 15.2 Å². The van der Waals surface area contributed by atoms with Crippen LogP contribution in [0.1, 0.15) is 12.0 Å². The van der Waals surface area contributed by atoms with Crippen molar-refractivity contribution in [2.75, 3.05) is 32.0 Å². The maximum absolute atomic E-state index is 6.04. The van der Waals surface area contributed by atoms with Gasteiger partial charge in [0, 0.05) is 31.3 Å². The van der Waals surface area contributed by atoms with Crippen LogP contribution in [-0.4, -0.2) is 37.4 Å². The Kier molecular flexibility index (Phi) is 2.91. The van der Waals surface area contributed by atoms with Crippen LogP contribution in [0.2, 0.25) is 0 Å². The van der Waals surface area contributed by atoms with Gasteiger partial charge in [-0.2, -0.15) is 0 Å². The SMILES string of the molecule is Nc1ccc2c(c1)OC(N1CCOCC1)CC2. The summed E-state index contributed by atoms with van der Waals surface area (Å²) in [4.78, 5) is 2.36. The lowest BCUT2D eigenvalue weighted by atomic mass is 10.0. The summed E-state index contributed by atoms with van der Waals surface area (Å²) in [5, 5.41) is 0. The molecule has 2 N–H and O–H groups in total. The van der Waals surface area contributed by atoms with E-state index >= 15 is 0 Å². The van der Waals surface area contributed by atoms with Crippen molar-refractivity contribution in [3.63, 3.8) is 0 Å². The molecule has 92 valence electrons. The molecule has 1 atom stereocenters. The lowest BCUT2D eigenvalue weighted by Gasteiger charge is -2.37. The molecule has 1 fully saturated rings. The van der Waals surface area contributed by atoms with Crippen molar-refractivity contribution in [3.8, 4) is 5.75 Å². The summed E-state index contributed by atoms with van der Waals surface area (Å²) in [7, 11) is 0. The molecule has 2 aliphatic rings. The molecule has 2 heterocycles. The number of hydrogen-bond donors (Lipinski definition) is 1. The Morgan fingerprint density at radius 3 is 2.88 bits per heavy atom. The Labute approximate surface area is 101 Å². The highest BCUT2D eigenvalue weighted by Gasteiger charge is 2.26. The molecule has 0 aliphatic carbocycles. The minimum absolute atomic E-state index is 0.188. The fraction of sp³-hybridized carbons (Fsp3) is 0.538. The predicted molar refractivity (Wildman–Crippen MR) is 66.0 cm³/mol. The predicted octanol–water partition coefficient (Wildman–Crippen LogP) is 1.25. The van der Waals surface area contributed by atoms with Crippen molar-refractivity contribution in [3.05, 3.63) is 23.8 Å². The van der Waals surface area contributed by atoms with Crippen molar-refractivity contribution >= 4 is 5.69 Å². The first-order valence-corrected chi connectivity index (χ1v) is 6.20. The first-order valence-electron chi connectivity index (χ1n) is 6.20. The quantitative estimate of drug-likeness (QED) is 0.743. The third kappa shape index (κ3) is 2.23. The lowest BCUT2D eigenvalue weighted by Crippen LogP contribution is -2.47. The van der Waals surface area contributed by atoms with Crippen LogP contribution >= 0.6 is 0 Å². The molecule has 4 nitrogen and oxygen atoms in total. The first kappa shape index (κ1) is 10.9. The minimum atomic E-state index is 0.188. The first-order chi connectivity index (χ1) is 8.33. The largest absolute Gasteiger partial charge is 0.475 e. The van der Waals surface area contributed by atoms with E-state index in [1.807, 2.05) is 12.1 Å². The monoisotopic (exact) mass is 234 g/mol. The highest BCUT2D eigenvalue weighted by Crippen LogP contribution is 2.30. The smallest absolute Gasteiger partial charge is 0.153 e. The van der Waals surface area contributed by atoms with E-state index in [1.165, 1.54) is 5.56 Å². The van der Waals surface area contributed by atoms with Gasteiger partial charge in [0.15, 0.2) is 6.23 Å².